The van der Waals surface area contributed by atoms with Crippen LogP contribution in [-0.2, 0) is 14.3 Å². The highest BCUT2D eigenvalue weighted by atomic mass is 35.5. The maximum absolute atomic E-state index is 12.7. The van der Waals surface area contributed by atoms with Crippen molar-refractivity contribution in [3.05, 3.63) is 75.2 Å². The molecule has 1 aliphatic heterocycles. The zero-order chi connectivity index (χ0) is 20.1. The molecule has 3 rings (SSSR count). The fraction of sp³-hybridized carbons (Fsp3) is 0.200. The Kier molecular flexibility index (Phi) is 6.49. The molecule has 144 valence electrons. The number of allylic oxidation sites excluding steroid dienone is 2. The molecule has 1 aliphatic rings. The van der Waals surface area contributed by atoms with Gasteiger partial charge in [0.1, 0.15) is 6.29 Å². The molecular formula is C20H18ClN3O3S. The molecule has 2 aromatic rings. The van der Waals surface area contributed by atoms with E-state index in [4.69, 9.17) is 16.3 Å². The van der Waals surface area contributed by atoms with Crippen LogP contribution in [0.1, 0.15) is 25.3 Å². The third-order valence-corrected chi connectivity index (χ3v) is 5.32. The topological polar surface area (TPSA) is 81.2 Å². The van der Waals surface area contributed by atoms with Gasteiger partial charge in [-0.05, 0) is 49.4 Å². The Bertz CT molecular complexity index is 943. The summed E-state index contributed by atoms with van der Waals surface area (Å²) < 4.78 is 5.24. The highest BCUT2D eigenvalue weighted by Crippen LogP contribution is 2.41. The Morgan fingerprint density at radius 1 is 1.29 bits per heavy atom. The van der Waals surface area contributed by atoms with Gasteiger partial charge in [0.05, 0.1) is 17.2 Å². The average Bonchev–Trinajstić information content (AvgIpc) is 2.69. The summed E-state index contributed by atoms with van der Waals surface area (Å²) in [6.07, 6.45) is 4.01. The van der Waals surface area contributed by atoms with Crippen LogP contribution >= 0.6 is 23.4 Å². The third-order valence-electron chi connectivity index (χ3n) is 4.13. The van der Waals surface area contributed by atoms with E-state index in [1.54, 1.807) is 56.6 Å². The molecule has 2 heterocycles. The smallest absolute Gasteiger partial charge is 0.336 e. The van der Waals surface area contributed by atoms with Crippen molar-refractivity contribution in [2.45, 2.75) is 24.9 Å². The number of aromatic nitrogens is 2. The number of thioether (sulfide) groups is 1. The van der Waals surface area contributed by atoms with Crippen LogP contribution < -0.4 is 5.32 Å². The summed E-state index contributed by atoms with van der Waals surface area (Å²) in [5, 5.41) is 4.79. The van der Waals surface area contributed by atoms with Crippen LogP contribution in [-0.4, -0.2) is 28.8 Å². The number of nitrogens with one attached hydrogen (secondary N) is 1. The van der Waals surface area contributed by atoms with Crippen LogP contribution in [0.5, 0.6) is 0 Å². The average molecular weight is 416 g/mol. The minimum Gasteiger partial charge on any atom is -0.463 e. The van der Waals surface area contributed by atoms with E-state index in [1.807, 2.05) is 0 Å². The van der Waals surface area contributed by atoms with Crippen LogP contribution in [0.2, 0.25) is 5.02 Å². The molecule has 1 N–H and O–H groups in total. The first kappa shape index (κ1) is 20.1. The van der Waals surface area contributed by atoms with Crippen molar-refractivity contribution in [2.24, 2.45) is 0 Å². The molecule has 1 aromatic heterocycles. The number of esters is 1. The first-order chi connectivity index (χ1) is 13.5. The summed E-state index contributed by atoms with van der Waals surface area (Å²) in [6.45, 7) is 3.76. The van der Waals surface area contributed by atoms with E-state index < -0.39 is 11.9 Å². The van der Waals surface area contributed by atoms with Gasteiger partial charge in [-0.2, -0.15) is 0 Å². The lowest BCUT2D eigenvalue weighted by atomic mass is 9.82. The van der Waals surface area contributed by atoms with Crippen molar-refractivity contribution in [3.63, 3.8) is 0 Å². The second kappa shape index (κ2) is 9.03. The quantitative estimate of drug-likeness (QED) is 0.436. The lowest BCUT2D eigenvalue weighted by Gasteiger charge is -2.29. The number of ether oxygens (including phenoxy) is 1. The summed E-state index contributed by atoms with van der Waals surface area (Å²) in [7, 11) is 0. The van der Waals surface area contributed by atoms with Gasteiger partial charge in [0.25, 0.3) is 0 Å². The zero-order valence-corrected chi connectivity index (χ0v) is 16.9. The van der Waals surface area contributed by atoms with Crippen molar-refractivity contribution >= 4 is 35.6 Å². The van der Waals surface area contributed by atoms with Gasteiger partial charge in [0, 0.05) is 34.6 Å². The number of aldehydes is 1. The van der Waals surface area contributed by atoms with Crippen LogP contribution in [0.25, 0.3) is 0 Å². The number of carbonyl (C=O) groups is 2. The van der Waals surface area contributed by atoms with E-state index in [9.17, 15) is 9.59 Å². The van der Waals surface area contributed by atoms with Crippen LogP contribution in [0, 0.1) is 0 Å². The van der Waals surface area contributed by atoms with Crippen LogP contribution in [0.3, 0.4) is 0 Å². The fourth-order valence-electron chi connectivity index (χ4n) is 2.93. The number of hydrogen-bond donors (Lipinski definition) is 1. The standard InChI is InChI=1S/C20H18ClN3O3S/c1-3-27-19(26)16-12(2)24-18(28-20-22-9-4-10-23-20)15(11-25)17(16)13-5-7-14(21)8-6-13/h4-11,17,24H,3H2,1-2H3. The van der Waals surface area contributed by atoms with Gasteiger partial charge < -0.3 is 10.1 Å². The number of nitrogens with zero attached hydrogens (tertiary/aromatic N) is 2. The highest BCUT2D eigenvalue weighted by Gasteiger charge is 2.35. The molecule has 0 amide bonds. The molecule has 8 heteroatoms. The normalized spacial score (nSPS) is 16.6. The lowest BCUT2D eigenvalue weighted by Crippen LogP contribution is -2.29. The van der Waals surface area contributed by atoms with Crippen LogP contribution in [0.4, 0.5) is 0 Å². The second-order valence-electron chi connectivity index (χ2n) is 5.90. The van der Waals surface area contributed by atoms with Crippen molar-refractivity contribution < 1.29 is 14.3 Å². The summed E-state index contributed by atoms with van der Waals surface area (Å²) in [5.41, 5.74) is 2.18. The predicted molar refractivity (Wildman–Crippen MR) is 108 cm³/mol. The molecule has 0 bridgehead atoms. The number of hydrogen-bond acceptors (Lipinski definition) is 7. The molecule has 0 saturated heterocycles. The van der Waals surface area contributed by atoms with E-state index in [0.29, 0.717) is 32.1 Å². The Hall–Kier alpha value is -2.64. The molecule has 0 spiro atoms. The number of benzene rings is 1. The van der Waals surface area contributed by atoms with Crippen molar-refractivity contribution in [2.75, 3.05) is 6.61 Å². The van der Waals surface area contributed by atoms with E-state index in [2.05, 4.69) is 15.3 Å². The summed E-state index contributed by atoms with van der Waals surface area (Å²) in [6, 6.07) is 8.78. The van der Waals surface area contributed by atoms with Gasteiger partial charge in [-0.1, -0.05) is 23.7 Å². The summed E-state index contributed by atoms with van der Waals surface area (Å²) in [4.78, 5) is 33.2. The maximum atomic E-state index is 12.7. The van der Waals surface area contributed by atoms with Crippen molar-refractivity contribution in [1.29, 1.82) is 0 Å². The first-order valence-corrected chi connectivity index (χ1v) is 9.79. The minimum absolute atomic E-state index is 0.239. The Morgan fingerprint density at radius 2 is 1.96 bits per heavy atom. The van der Waals surface area contributed by atoms with Crippen molar-refractivity contribution in [1.82, 2.24) is 15.3 Å². The Labute approximate surface area is 172 Å². The summed E-state index contributed by atoms with van der Waals surface area (Å²) in [5.74, 6) is -1.05. The molecule has 0 radical (unpaired) electrons. The zero-order valence-electron chi connectivity index (χ0n) is 15.3. The van der Waals surface area contributed by atoms with E-state index in [-0.39, 0.29) is 6.61 Å². The van der Waals surface area contributed by atoms with Gasteiger partial charge in [0.15, 0.2) is 5.16 Å². The van der Waals surface area contributed by atoms with Gasteiger partial charge >= 0.3 is 5.97 Å². The summed E-state index contributed by atoms with van der Waals surface area (Å²) >= 11 is 7.25. The van der Waals surface area contributed by atoms with Gasteiger partial charge in [-0.15, -0.1) is 0 Å². The molecule has 0 fully saturated rings. The number of rotatable bonds is 6. The molecule has 0 saturated carbocycles. The second-order valence-corrected chi connectivity index (χ2v) is 7.32. The molecule has 28 heavy (non-hydrogen) atoms. The minimum atomic E-state index is -0.582. The van der Waals surface area contributed by atoms with Crippen LogP contribution in [0.15, 0.2) is 69.8 Å². The maximum Gasteiger partial charge on any atom is 0.336 e. The first-order valence-electron chi connectivity index (χ1n) is 8.59. The molecular weight excluding hydrogens is 398 g/mol. The number of carbonyl (C=O) groups excluding carboxylic acids is 2. The Morgan fingerprint density at radius 3 is 2.57 bits per heavy atom. The van der Waals surface area contributed by atoms with E-state index in [0.717, 1.165) is 11.8 Å². The van der Waals surface area contributed by atoms with Gasteiger partial charge in [-0.25, -0.2) is 14.8 Å². The van der Waals surface area contributed by atoms with Gasteiger partial charge in [-0.3, -0.25) is 4.79 Å². The van der Waals surface area contributed by atoms with E-state index in [1.165, 1.54) is 11.8 Å². The highest BCUT2D eigenvalue weighted by molar-refractivity contribution is 8.02. The largest absolute Gasteiger partial charge is 0.463 e. The number of halogens is 1. The molecule has 0 aliphatic carbocycles. The third kappa shape index (κ3) is 4.26. The SMILES string of the molecule is CCOC(=O)C1=C(C)NC(Sc2ncccn2)=C(C=O)C1c1ccc(Cl)cc1. The molecule has 1 unspecified atom stereocenters. The van der Waals surface area contributed by atoms with Gasteiger partial charge in [0.2, 0.25) is 0 Å². The number of dihydropyridines is 1. The predicted octanol–water partition coefficient (Wildman–Crippen LogP) is 3.86. The van der Waals surface area contributed by atoms with Crippen molar-refractivity contribution in [3.8, 4) is 0 Å². The fourth-order valence-corrected chi connectivity index (χ4v) is 3.95. The van der Waals surface area contributed by atoms with E-state index >= 15 is 0 Å². The molecule has 1 atom stereocenters. The monoisotopic (exact) mass is 415 g/mol. The lowest BCUT2D eigenvalue weighted by molar-refractivity contribution is -0.138. The molecule has 1 aromatic carbocycles. The Balaban J connectivity index is 2.11. The molecule has 6 nitrogen and oxygen atoms in total.